The Morgan fingerprint density at radius 3 is 1.29 bits per heavy atom. The van der Waals surface area contributed by atoms with Gasteiger partial charge >= 0.3 is 18.3 Å². The maximum Gasteiger partial charge on any atom is 0.452 e. The lowest BCUT2D eigenvalue weighted by atomic mass is 10.3. The molecule has 0 aromatic carbocycles. The Hall–Kier alpha value is -6.78. The summed E-state index contributed by atoms with van der Waals surface area (Å²) in [5.41, 5.74) is 1.28. The Morgan fingerprint density at radius 2 is 0.934 bits per heavy atom. The van der Waals surface area contributed by atoms with Crippen LogP contribution in [0.15, 0.2) is 228 Å². The molecule has 0 amide bonds. The van der Waals surface area contributed by atoms with Gasteiger partial charge in [-0.1, -0.05) is 32.6 Å². The van der Waals surface area contributed by atoms with Crippen molar-refractivity contribution in [3.8, 4) is 74.2 Å². The number of ether oxygens (including phenoxy) is 1. The van der Waals surface area contributed by atoms with Crippen molar-refractivity contribution in [2.45, 2.75) is 63.8 Å². The van der Waals surface area contributed by atoms with Crippen LogP contribution < -0.4 is 0 Å². The van der Waals surface area contributed by atoms with Crippen molar-refractivity contribution >= 4 is 309 Å². The van der Waals surface area contributed by atoms with E-state index in [4.69, 9.17) is 112 Å². The summed E-state index contributed by atoms with van der Waals surface area (Å²) < 4.78 is 300. The molecule has 16 heterocycles. The van der Waals surface area contributed by atoms with E-state index in [0.717, 1.165) is 117 Å². The zero-order valence-corrected chi connectivity index (χ0v) is 89.2. The molecule has 36 nitrogen and oxygen atoms in total. The molecule has 0 radical (unpaired) electrons. The van der Waals surface area contributed by atoms with Crippen molar-refractivity contribution in [1.29, 1.82) is 0 Å². The number of carbonyl (C=O) groups excluding carboxylic acids is 1. The molecule has 16 aromatic rings. The summed E-state index contributed by atoms with van der Waals surface area (Å²) in [6.45, 7) is 1.47. The number of pyridine rings is 1. The van der Waals surface area contributed by atoms with E-state index >= 15 is 0 Å². The van der Waals surface area contributed by atoms with Crippen LogP contribution >= 0.6 is 222 Å². The number of thioether (sulfide) groups is 1. The second-order valence-electron chi connectivity index (χ2n) is 23.9. The quantitative estimate of drug-likeness (QED) is 0.0253. The van der Waals surface area contributed by atoms with E-state index in [1.807, 2.05) is 18.4 Å². The number of aromatic nitrogens is 13. The van der Waals surface area contributed by atoms with Crippen LogP contribution in [0, 0.1) is 6.92 Å². The fourth-order valence-electron chi connectivity index (χ4n) is 9.05. The molecule has 0 aliphatic heterocycles. The fraction of sp³-hybridized carbons (Fsp3) is 0.108. The van der Waals surface area contributed by atoms with Crippen molar-refractivity contribution in [3.05, 3.63) is 197 Å². The van der Waals surface area contributed by atoms with Gasteiger partial charge in [-0.3, -0.25) is 9.67 Å². The standard InChI is InChI=1S/C9H6ClF3N2O2S2.C9H7ClN2O2S3.C9H6ClNO2S2.C8H3ClF3NO3S2.C7H8ClNO4S.C7H4ClNO3S2.C6H2Cl2N2O2S3.C6H3ClN2O2S3.C4H4ClNO3S/c1-15-7(9(11,12)13)4-5(14-15)6-2-3-8(18-6)19(10,16)17;1-15-9-11-5-4-6(12-9)7-2-3-8(16-7)17(10,13)14;10-15(12,13)9-5-4-8(14-9)7-3-1-2-6-11-7;9-18(14,15)7-2-1-5(17-7)4-3-6(16-13-4)8(10,11)12;1-9-5(7(10)13-2)3-4-6(9)14(8,11)12;8-14(10,11)7-2-1-6(13-7)5-3-9-4-12-5;7-6-9-5(10-14-6)3-1-2-4(13-3)15(8,11)12;7-14(10,11)6-2-1-5(13-6)4-3-12-9-8-4;1-3-4(2-6-9-3)10(5,7)8/h2-4H,1H3;2-5H,1H3;1-6H;1-3H;3-4H,1-2H3;1-4H;1-2H;1-3H;2H,1H3. The molecule has 0 atom stereocenters. The number of halogens is 16. The van der Waals surface area contributed by atoms with Crippen LogP contribution in [0.5, 0.6) is 0 Å². The third kappa shape index (κ3) is 34.3. The molecular weight excluding hydrogens is 2410 g/mol. The Labute approximate surface area is 850 Å². The maximum atomic E-state index is 12.6. The van der Waals surface area contributed by atoms with Crippen LogP contribution in [0.25, 0.3) is 74.2 Å². The number of aryl methyl sites for hydroxylation is 2. The van der Waals surface area contributed by atoms with Gasteiger partial charge < -0.3 is 22.8 Å². The second-order valence-corrected chi connectivity index (χ2v) is 58.8. The number of carbonyl (C=O) groups is 1. The van der Waals surface area contributed by atoms with Crippen molar-refractivity contribution in [2.75, 3.05) is 13.4 Å². The monoisotopic (exact) mass is 2440 g/mol. The summed E-state index contributed by atoms with van der Waals surface area (Å²) in [7, 11) is 16.6. The average Bonchev–Trinajstić information content (AvgIpc) is 1.65. The summed E-state index contributed by atoms with van der Waals surface area (Å²) in [4.78, 5) is 35.2. The van der Waals surface area contributed by atoms with E-state index in [1.54, 1.807) is 60.2 Å². The first-order chi connectivity index (χ1) is 62.8. The van der Waals surface area contributed by atoms with Gasteiger partial charge in [-0.25, -0.2) is 100 Å². The number of rotatable bonds is 18. The zero-order chi connectivity index (χ0) is 101. The van der Waals surface area contributed by atoms with Gasteiger partial charge in [-0.05, 0) is 169 Å². The molecule has 0 aliphatic rings. The summed E-state index contributed by atoms with van der Waals surface area (Å²) in [6.07, 6.45) is -0.116. The Bertz CT molecular complexity index is 7870. The van der Waals surface area contributed by atoms with Gasteiger partial charge in [0.2, 0.25) is 10.2 Å². The normalized spacial score (nSPS) is 12.0. The van der Waals surface area contributed by atoms with Crippen molar-refractivity contribution in [1.82, 2.24) is 63.5 Å². The molecule has 0 saturated carbocycles. The first-order valence-electron chi connectivity index (χ1n) is 33.8. The highest BCUT2D eigenvalue weighted by Crippen LogP contribution is 2.41. The predicted octanol–water partition coefficient (Wildman–Crippen LogP) is 21.1. The Morgan fingerprint density at radius 1 is 0.478 bits per heavy atom. The van der Waals surface area contributed by atoms with E-state index in [1.165, 1.54) is 131 Å². The summed E-state index contributed by atoms with van der Waals surface area (Å²) >= 11 is 16.1. The third-order valence-electron chi connectivity index (χ3n) is 14.8. The highest BCUT2D eigenvalue weighted by atomic mass is 35.7. The molecule has 71 heteroatoms. The molecular formula is C65H43Cl10F6N13O23S19. The van der Waals surface area contributed by atoms with Crippen LogP contribution in [-0.2, 0) is 113 Å². The lowest BCUT2D eigenvalue weighted by molar-refractivity contribution is -0.155. The van der Waals surface area contributed by atoms with Crippen LogP contribution in [-0.4, -0.2) is 159 Å². The summed E-state index contributed by atoms with van der Waals surface area (Å²) in [5, 5.41) is 16.3. The number of esters is 1. The van der Waals surface area contributed by atoms with Gasteiger partial charge in [0.25, 0.3) is 81.5 Å². The minimum absolute atomic E-state index is 0.0476. The number of alkyl halides is 6. The molecule has 0 unspecified atom stereocenters. The smallest absolute Gasteiger partial charge is 0.452 e. The van der Waals surface area contributed by atoms with E-state index in [-0.39, 0.29) is 67.1 Å². The summed E-state index contributed by atoms with van der Waals surface area (Å²) in [6, 6.07) is 31.9. The minimum atomic E-state index is -4.64. The predicted molar refractivity (Wildman–Crippen MR) is 508 cm³/mol. The lowest BCUT2D eigenvalue weighted by Crippen LogP contribution is -2.11. The Balaban J connectivity index is 0.000000189. The lowest BCUT2D eigenvalue weighted by Gasteiger charge is -2.04. The molecule has 0 fully saturated rings. The van der Waals surface area contributed by atoms with Crippen LogP contribution in [0.2, 0.25) is 4.47 Å². The first kappa shape index (κ1) is 114. The van der Waals surface area contributed by atoms with Gasteiger partial charge in [0, 0.05) is 134 Å². The summed E-state index contributed by atoms with van der Waals surface area (Å²) in [5.74, 6) is -0.710. The topological polar surface area (TPSA) is 525 Å². The van der Waals surface area contributed by atoms with Gasteiger partial charge in [-0.2, -0.15) is 35.8 Å². The zero-order valence-electron chi connectivity index (χ0n) is 66.2. The third-order valence-corrected chi connectivity index (χ3v) is 41.8. The molecule has 732 valence electrons. The fourth-order valence-corrected chi connectivity index (χ4v) is 26.9. The minimum Gasteiger partial charge on any atom is -0.464 e. The maximum absolute atomic E-state index is 12.6. The number of oxazole rings is 1. The molecule has 0 N–H and O–H groups in total. The van der Waals surface area contributed by atoms with Gasteiger partial charge in [0.15, 0.2) is 33.9 Å². The van der Waals surface area contributed by atoms with Crippen molar-refractivity contribution in [3.63, 3.8) is 0 Å². The Kier molecular flexibility index (Phi) is 40.3. The van der Waals surface area contributed by atoms with E-state index in [2.05, 4.69) is 68.1 Å². The number of hydrogen-bond donors (Lipinski definition) is 0. The van der Waals surface area contributed by atoms with E-state index in [9.17, 15) is 107 Å². The molecule has 136 heavy (non-hydrogen) atoms. The van der Waals surface area contributed by atoms with Crippen LogP contribution in [0.1, 0.15) is 27.7 Å². The molecule has 0 bridgehead atoms. The largest absolute Gasteiger partial charge is 0.464 e. The van der Waals surface area contributed by atoms with E-state index in [0.29, 0.717) is 69.3 Å². The molecule has 0 saturated heterocycles. The van der Waals surface area contributed by atoms with E-state index < -0.39 is 111 Å². The second kappa shape index (κ2) is 47.9. The average molecular weight is 2450 g/mol. The highest BCUT2D eigenvalue weighted by molar-refractivity contribution is 8.17. The van der Waals surface area contributed by atoms with Gasteiger partial charge in [0.1, 0.15) is 62.8 Å². The van der Waals surface area contributed by atoms with Crippen molar-refractivity contribution in [2.24, 2.45) is 14.1 Å². The number of methoxy groups -OCH3 is 1. The van der Waals surface area contributed by atoms with Crippen molar-refractivity contribution < 1.29 is 125 Å². The van der Waals surface area contributed by atoms with Crippen LogP contribution in [0.4, 0.5) is 26.3 Å². The number of nitrogens with zero attached hydrogens (tertiary/aromatic N) is 13. The molecule has 0 aliphatic carbocycles. The van der Waals surface area contributed by atoms with Crippen LogP contribution in [0.3, 0.4) is 0 Å². The number of hydrogen-bond acceptors (Lipinski definition) is 44. The molecule has 16 rings (SSSR count). The molecule has 0 spiro atoms. The highest BCUT2D eigenvalue weighted by Gasteiger charge is 2.38. The SMILES string of the molecule is COC(=O)c1ccc(S(=O)(=O)Cl)n1C.CSc1nccc(-c2ccc(S(=O)(=O)Cl)s2)n1.Cc1oncc1S(=O)(=O)Cl.Cn1nc(-c2ccc(S(=O)(=O)Cl)s2)cc1C(F)(F)F.O=S(=O)(Cl)c1ccc(-c2cc(C(F)(F)F)on2)s1.O=S(=O)(Cl)c1ccc(-c2ccccn2)s1.O=S(=O)(Cl)c1ccc(-c2cnco2)s1.O=S(=O)(Cl)c1ccc(-c2csnn2)s1.O=S(=O)(Cl)c1ccc(-c2nsc(Cl)n2)s1. The first-order valence-corrected chi connectivity index (χ1v) is 63.5. The van der Waals surface area contributed by atoms with Gasteiger partial charge in [-0.15, -0.1) is 84.5 Å². The molecule has 16 aromatic heterocycles. The number of thiophene rings is 7. The van der Waals surface area contributed by atoms with Gasteiger partial charge in [0.05, 0.1) is 65.0 Å².